The maximum atomic E-state index is 2.47. The molecule has 0 fully saturated rings. The third-order valence-corrected chi connectivity index (χ3v) is 9.54. The molecule has 1 aromatic heterocycles. The van der Waals surface area contributed by atoms with Crippen molar-refractivity contribution < 1.29 is 0 Å². The minimum atomic E-state index is -0.781. The molecule has 0 radical (unpaired) electrons. The summed E-state index contributed by atoms with van der Waals surface area (Å²) >= 11 is 3.08. The van der Waals surface area contributed by atoms with Gasteiger partial charge in [0.05, 0.1) is 0 Å². The van der Waals surface area contributed by atoms with Crippen LogP contribution in [0.1, 0.15) is 5.56 Å². The molecule has 0 saturated heterocycles. The van der Waals surface area contributed by atoms with Gasteiger partial charge >= 0.3 is 0 Å². The van der Waals surface area contributed by atoms with Crippen LogP contribution in [0.4, 0.5) is 0 Å². The van der Waals surface area contributed by atoms with Crippen molar-refractivity contribution in [1.29, 1.82) is 0 Å². The lowest BCUT2D eigenvalue weighted by Crippen LogP contribution is -1.76. The molecule has 1 aliphatic heterocycles. The molecular formula is C16H12IS2+. The maximum absolute atomic E-state index is 2.47. The van der Waals surface area contributed by atoms with Crippen LogP contribution in [0.3, 0.4) is 0 Å². The molecule has 3 aromatic rings. The predicted molar refractivity (Wildman–Crippen MR) is 102 cm³/mol. The average molecular weight is 395 g/mol. The van der Waals surface area contributed by atoms with Crippen LogP contribution in [0.15, 0.2) is 41.3 Å². The highest BCUT2D eigenvalue weighted by atomic mass is 127. The van der Waals surface area contributed by atoms with E-state index < -0.39 is 18.9 Å². The minimum Gasteiger partial charge on any atom is -0.129 e. The highest BCUT2D eigenvalue weighted by Crippen LogP contribution is 2.37. The summed E-state index contributed by atoms with van der Waals surface area (Å²) in [5.74, 6) is 0. The first kappa shape index (κ1) is 12.0. The summed E-state index contributed by atoms with van der Waals surface area (Å²) in [6.45, 7) is 2.21. The largest absolute Gasteiger partial charge is 0.249 e. The Bertz CT molecular complexity index is 912. The normalized spacial score (nSPS) is 15.0. The van der Waals surface area contributed by atoms with E-state index >= 15 is 0 Å². The van der Waals surface area contributed by atoms with Gasteiger partial charge in [0.25, 0.3) is 0 Å². The summed E-state index contributed by atoms with van der Waals surface area (Å²) in [6.07, 6.45) is 0. The fourth-order valence-electron chi connectivity index (χ4n) is 2.28. The monoisotopic (exact) mass is 395 g/mol. The van der Waals surface area contributed by atoms with Crippen LogP contribution in [-0.4, -0.2) is 11.4 Å². The zero-order chi connectivity index (χ0) is 12.8. The Kier molecular flexibility index (Phi) is 2.94. The number of aryl methyl sites for hydroxylation is 1. The molecule has 0 amide bonds. The van der Waals surface area contributed by atoms with Crippen molar-refractivity contribution in [3.63, 3.8) is 0 Å². The molecule has 0 nitrogen and oxygen atoms in total. The van der Waals surface area contributed by atoms with Crippen molar-refractivity contribution in [2.24, 2.45) is 0 Å². The number of hydrogen-bond acceptors (Lipinski definition) is 1. The van der Waals surface area contributed by atoms with E-state index in [0.717, 1.165) is 0 Å². The van der Waals surface area contributed by atoms with Gasteiger partial charge in [-0.25, -0.2) is 0 Å². The van der Waals surface area contributed by atoms with Gasteiger partial charge in [0.2, 0.25) is 19.6 Å². The van der Waals surface area contributed by atoms with E-state index in [-0.39, 0.29) is 0 Å². The van der Waals surface area contributed by atoms with Crippen molar-refractivity contribution >= 4 is 73.1 Å². The first-order valence-corrected chi connectivity index (χ1v) is 11.5. The van der Waals surface area contributed by atoms with Gasteiger partial charge in [-0.1, -0.05) is 43.1 Å². The number of thiophene rings is 1. The fraction of sp³-hybridized carbons (Fsp3) is 0.0625. The lowest BCUT2D eigenvalue weighted by atomic mass is 10.1. The molecule has 0 bridgehead atoms. The van der Waals surface area contributed by atoms with Gasteiger partial charge in [0.15, 0.2) is 0 Å². The molecular weight excluding hydrogens is 383 g/mol. The number of fused-ring (bicyclic) bond motifs is 3. The Hall–Kier alpha value is -0.780. The molecule has 2 aromatic carbocycles. The molecule has 3 heteroatoms. The van der Waals surface area contributed by atoms with Gasteiger partial charge in [-0.05, 0) is 26.6 Å². The van der Waals surface area contributed by atoms with Gasteiger partial charge in [0, 0.05) is 21.5 Å². The van der Waals surface area contributed by atoms with Crippen molar-refractivity contribution in [2.75, 3.05) is 0 Å². The summed E-state index contributed by atoms with van der Waals surface area (Å²) in [5, 5.41) is 2.86. The van der Waals surface area contributed by atoms with Crippen LogP contribution in [0.2, 0.25) is 0 Å². The third kappa shape index (κ3) is 2.14. The molecule has 0 saturated carbocycles. The van der Waals surface area contributed by atoms with E-state index in [2.05, 4.69) is 54.7 Å². The van der Waals surface area contributed by atoms with Crippen LogP contribution in [-0.2, 0) is 11.4 Å². The zero-order valence-corrected chi connectivity index (χ0v) is 14.2. The Morgan fingerprint density at radius 1 is 1.11 bits per heavy atom. The molecule has 0 unspecified atom stereocenters. The van der Waals surface area contributed by atoms with E-state index in [1.54, 1.807) is 0 Å². The quantitative estimate of drug-likeness (QED) is 0.256. The van der Waals surface area contributed by atoms with E-state index in [9.17, 15) is 0 Å². The minimum absolute atomic E-state index is 0.781. The van der Waals surface area contributed by atoms with Crippen LogP contribution < -0.4 is 0 Å². The van der Waals surface area contributed by atoms with Gasteiger partial charge in [-0.2, -0.15) is 0 Å². The van der Waals surface area contributed by atoms with Gasteiger partial charge < -0.3 is 0 Å². The molecule has 94 valence electrons. The number of halogens is 1. The number of hydrogen-bond donors (Lipinski definition) is 0. The van der Waals surface area contributed by atoms with Crippen molar-refractivity contribution in [3.8, 4) is 0 Å². The molecule has 2 heterocycles. The summed E-state index contributed by atoms with van der Waals surface area (Å²) in [7, 11) is 0. The summed E-state index contributed by atoms with van der Waals surface area (Å²) < 4.78 is 10.1. The van der Waals surface area contributed by atoms with Crippen LogP contribution in [0, 0.1) is 6.92 Å². The molecule has 0 atom stereocenters. The van der Waals surface area contributed by atoms with Gasteiger partial charge in [-0.3, -0.25) is 0 Å². The van der Waals surface area contributed by atoms with Crippen molar-refractivity contribution in [2.45, 2.75) is 11.8 Å². The second-order valence-corrected chi connectivity index (χ2v) is 11.5. The Morgan fingerprint density at radius 2 is 1.95 bits per heavy atom. The number of rotatable bonds is 2. The van der Waals surface area contributed by atoms with Crippen LogP contribution >= 0.6 is 30.2 Å². The second-order valence-electron chi connectivity index (χ2n) is 4.52. The van der Waals surface area contributed by atoms with E-state index in [1.165, 1.54) is 30.6 Å². The lowest BCUT2D eigenvalue weighted by Gasteiger charge is -1.95. The van der Waals surface area contributed by atoms with E-state index in [1.807, 2.05) is 22.7 Å². The fourth-order valence-corrected chi connectivity index (χ4v) is 8.36. The zero-order valence-electron chi connectivity index (χ0n) is 10.4. The molecule has 19 heavy (non-hydrogen) atoms. The summed E-state index contributed by atoms with van der Waals surface area (Å²) in [6, 6.07) is 13.3. The van der Waals surface area contributed by atoms with Gasteiger partial charge in [0.1, 0.15) is 4.70 Å². The topological polar surface area (TPSA) is 0 Å². The van der Waals surface area contributed by atoms with Crippen LogP contribution in [0.25, 0.3) is 20.2 Å². The van der Waals surface area contributed by atoms with Crippen LogP contribution in [0.5, 0.6) is 0 Å². The van der Waals surface area contributed by atoms with Crippen molar-refractivity contribution in [3.05, 3.63) is 42.0 Å². The SMILES string of the molecule is Cc1cccc2sc3c([S+]=CI4=CC=4)cccc3c12. The lowest BCUT2D eigenvalue weighted by molar-refractivity contribution is 1.55. The highest BCUT2D eigenvalue weighted by Gasteiger charge is 2.15. The van der Waals surface area contributed by atoms with E-state index in [0.29, 0.717) is 0 Å². The van der Waals surface area contributed by atoms with Crippen molar-refractivity contribution in [1.82, 2.24) is 0 Å². The maximum Gasteiger partial charge on any atom is 0.249 e. The van der Waals surface area contributed by atoms with E-state index in [4.69, 9.17) is 0 Å². The molecule has 0 N–H and O–H groups in total. The highest BCUT2D eigenvalue weighted by molar-refractivity contribution is 14.3. The summed E-state index contributed by atoms with van der Waals surface area (Å²) in [5.41, 5.74) is 1.38. The smallest absolute Gasteiger partial charge is 0.129 e. The first-order chi connectivity index (χ1) is 9.33. The summed E-state index contributed by atoms with van der Waals surface area (Å²) in [4.78, 5) is 1.42. The second kappa shape index (κ2) is 4.65. The Labute approximate surface area is 126 Å². The number of benzene rings is 2. The Morgan fingerprint density at radius 3 is 2.79 bits per heavy atom. The average Bonchev–Trinajstić information content (AvgIpc) is 3.15. The predicted octanol–water partition coefficient (Wildman–Crippen LogP) is 4.69. The van der Waals surface area contributed by atoms with Gasteiger partial charge in [-0.15, -0.1) is 11.3 Å². The molecule has 1 aliphatic rings. The standard InChI is InChI=1S/C16H12IS2/c1-11-4-2-6-13-15(11)12-5-3-7-14(16(12)19-13)18-10-17-8-9-17/h2-10H,1H3/q+1. The molecule has 4 rings (SSSR count). The molecule has 0 spiro atoms. The third-order valence-electron chi connectivity index (χ3n) is 3.24. The molecule has 0 aliphatic carbocycles. The first-order valence-electron chi connectivity index (χ1n) is 6.07. The Balaban J connectivity index is 2.05.